The van der Waals surface area contributed by atoms with Gasteiger partial charge in [0, 0.05) is 31.4 Å². The highest BCUT2D eigenvalue weighted by Crippen LogP contribution is 2.22. The SMILES string of the molecule is Cc1nn(Cc2ccccc2)c(C)c1C(=O)Nc1cccc(S(=O)(=O)/N=C2\CCCCCN2C)c1. The van der Waals surface area contributed by atoms with Crippen molar-refractivity contribution in [3.8, 4) is 0 Å². The average Bonchev–Trinajstić information content (AvgIpc) is 2.96. The molecule has 0 radical (unpaired) electrons. The number of carbonyl (C=O) groups is 1. The molecule has 1 saturated heterocycles. The van der Waals surface area contributed by atoms with Gasteiger partial charge in [-0.2, -0.15) is 13.5 Å². The number of rotatable bonds is 6. The van der Waals surface area contributed by atoms with Crippen LogP contribution in [0.2, 0.25) is 0 Å². The first kappa shape index (κ1) is 24.7. The van der Waals surface area contributed by atoms with Crippen LogP contribution in [0, 0.1) is 13.8 Å². The number of hydrogen-bond acceptors (Lipinski definition) is 4. The third-order valence-corrected chi connectivity index (χ3v) is 7.53. The molecule has 0 saturated carbocycles. The van der Waals surface area contributed by atoms with Crippen molar-refractivity contribution in [2.24, 2.45) is 4.40 Å². The fraction of sp³-hybridized carbons (Fsp3) is 0.346. The molecule has 0 spiro atoms. The molecule has 0 atom stereocenters. The molecule has 8 nitrogen and oxygen atoms in total. The van der Waals surface area contributed by atoms with E-state index in [1.807, 2.05) is 49.2 Å². The standard InChI is InChI=1S/C26H31N5O3S/c1-19-25(20(2)31(28-19)18-21-11-6-4-7-12-21)26(32)27-22-13-10-14-23(17-22)35(33,34)29-24-15-8-5-9-16-30(24)3/h4,6-7,10-14,17H,5,8-9,15-16,18H2,1-3H3,(H,27,32)/b29-24+. The van der Waals surface area contributed by atoms with Crippen molar-refractivity contribution < 1.29 is 13.2 Å². The van der Waals surface area contributed by atoms with Crippen LogP contribution >= 0.6 is 0 Å². The van der Waals surface area contributed by atoms with Gasteiger partial charge in [-0.05, 0) is 50.5 Å². The molecule has 1 aliphatic rings. The zero-order chi connectivity index (χ0) is 25.0. The number of amides is 1. The number of nitrogens with one attached hydrogen (secondary N) is 1. The molecule has 3 aromatic rings. The fourth-order valence-corrected chi connectivity index (χ4v) is 5.44. The van der Waals surface area contributed by atoms with Gasteiger partial charge >= 0.3 is 0 Å². The summed E-state index contributed by atoms with van der Waals surface area (Å²) in [5.74, 6) is 0.248. The van der Waals surface area contributed by atoms with E-state index in [1.54, 1.807) is 23.7 Å². The first-order valence-corrected chi connectivity index (χ1v) is 13.2. The second-order valence-corrected chi connectivity index (χ2v) is 10.5. The minimum absolute atomic E-state index is 0.0497. The van der Waals surface area contributed by atoms with Gasteiger partial charge in [0.2, 0.25) is 0 Å². The summed E-state index contributed by atoms with van der Waals surface area (Å²) >= 11 is 0. The normalized spacial score (nSPS) is 15.7. The van der Waals surface area contributed by atoms with Gasteiger partial charge in [-0.3, -0.25) is 9.48 Å². The molecule has 35 heavy (non-hydrogen) atoms. The highest BCUT2D eigenvalue weighted by Gasteiger charge is 2.21. The Morgan fingerprint density at radius 2 is 1.83 bits per heavy atom. The zero-order valence-corrected chi connectivity index (χ0v) is 21.2. The number of sulfonamides is 1. The minimum Gasteiger partial charge on any atom is -0.362 e. The molecular weight excluding hydrogens is 462 g/mol. The molecule has 0 aliphatic carbocycles. The largest absolute Gasteiger partial charge is 0.362 e. The fourth-order valence-electron chi connectivity index (χ4n) is 4.30. The summed E-state index contributed by atoms with van der Waals surface area (Å²) in [7, 11) is -2.03. The predicted molar refractivity (Wildman–Crippen MR) is 137 cm³/mol. The number of aromatic nitrogens is 2. The van der Waals surface area contributed by atoms with E-state index in [2.05, 4.69) is 14.8 Å². The number of nitrogens with zero attached hydrogens (tertiary/aromatic N) is 4. The van der Waals surface area contributed by atoms with Crippen LogP contribution in [0.25, 0.3) is 0 Å². The number of carbonyl (C=O) groups excluding carboxylic acids is 1. The van der Waals surface area contributed by atoms with E-state index in [0.717, 1.165) is 37.1 Å². The van der Waals surface area contributed by atoms with Crippen LogP contribution in [0.15, 0.2) is 63.9 Å². The molecule has 4 rings (SSSR count). The number of amidine groups is 1. The zero-order valence-electron chi connectivity index (χ0n) is 20.4. The van der Waals surface area contributed by atoms with Gasteiger partial charge in [0.1, 0.15) is 5.84 Å². The smallest absolute Gasteiger partial charge is 0.284 e. The molecule has 1 fully saturated rings. The predicted octanol–water partition coefficient (Wildman–Crippen LogP) is 4.39. The summed E-state index contributed by atoms with van der Waals surface area (Å²) in [4.78, 5) is 15.1. The highest BCUT2D eigenvalue weighted by atomic mass is 32.2. The van der Waals surface area contributed by atoms with Crippen LogP contribution in [0.3, 0.4) is 0 Å². The van der Waals surface area contributed by atoms with Gasteiger partial charge in [-0.25, -0.2) is 0 Å². The van der Waals surface area contributed by atoms with E-state index in [9.17, 15) is 13.2 Å². The lowest BCUT2D eigenvalue weighted by molar-refractivity contribution is 0.102. The lowest BCUT2D eigenvalue weighted by atomic mass is 10.1. The number of likely N-dealkylation sites (tertiary alicyclic amines) is 1. The second-order valence-electron chi connectivity index (χ2n) is 8.89. The maximum absolute atomic E-state index is 13.1. The lowest BCUT2D eigenvalue weighted by Crippen LogP contribution is -2.26. The maximum atomic E-state index is 13.1. The van der Waals surface area contributed by atoms with E-state index in [0.29, 0.717) is 35.7 Å². The Morgan fingerprint density at radius 3 is 2.60 bits per heavy atom. The topological polar surface area (TPSA) is 96.7 Å². The quantitative estimate of drug-likeness (QED) is 0.549. The summed E-state index contributed by atoms with van der Waals surface area (Å²) in [6.07, 6.45) is 3.65. The summed E-state index contributed by atoms with van der Waals surface area (Å²) in [6, 6.07) is 16.1. The van der Waals surface area contributed by atoms with Crippen LogP contribution in [-0.4, -0.2) is 48.4 Å². The maximum Gasteiger partial charge on any atom is 0.284 e. The minimum atomic E-state index is -3.90. The van der Waals surface area contributed by atoms with E-state index < -0.39 is 10.0 Å². The lowest BCUT2D eigenvalue weighted by Gasteiger charge is -2.17. The van der Waals surface area contributed by atoms with Gasteiger partial charge in [0.25, 0.3) is 15.9 Å². The molecule has 1 amide bonds. The Balaban J connectivity index is 1.54. The Morgan fingerprint density at radius 1 is 1.06 bits per heavy atom. The Bertz CT molecular complexity index is 1350. The number of benzene rings is 2. The van der Waals surface area contributed by atoms with Crippen molar-refractivity contribution >= 4 is 27.5 Å². The van der Waals surface area contributed by atoms with Crippen LogP contribution in [0.1, 0.15) is 53.0 Å². The van der Waals surface area contributed by atoms with Gasteiger partial charge in [-0.1, -0.05) is 42.8 Å². The van der Waals surface area contributed by atoms with Crippen molar-refractivity contribution in [2.45, 2.75) is 51.0 Å². The van der Waals surface area contributed by atoms with Crippen LogP contribution < -0.4 is 5.32 Å². The van der Waals surface area contributed by atoms with Crippen molar-refractivity contribution in [2.75, 3.05) is 18.9 Å². The molecule has 1 aromatic heterocycles. The van der Waals surface area contributed by atoms with Gasteiger partial charge in [-0.15, -0.1) is 4.40 Å². The summed E-state index contributed by atoms with van der Waals surface area (Å²) in [5, 5.41) is 7.38. The van der Waals surface area contributed by atoms with Gasteiger partial charge in [0.05, 0.1) is 22.7 Å². The number of anilines is 1. The average molecular weight is 494 g/mol. The van der Waals surface area contributed by atoms with Crippen molar-refractivity contribution in [1.82, 2.24) is 14.7 Å². The first-order chi connectivity index (χ1) is 16.7. The van der Waals surface area contributed by atoms with Gasteiger partial charge in [0.15, 0.2) is 0 Å². The van der Waals surface area contributed by atoms with E-state index in [1.165, 1.54) is 12.1 Å². The van der Waals surface area contributed by atoms with E-state index in [-0.39, 0.29) is 10.8 Å². The molecule has 184 valence electrons. The second kappa shape index (κ2) is 10.4. The number of aryl methyl sites for hydroxylation is 1. The number of hydrogen-bond donors (Lipinski definition) is 1. The van der Waals surface area contributed by atoms with E-state index >= 15 is 0 Å². The van der Waals surface area contributed by atoms with Crippen LogP contribution in [-0.2, 0) is 16.6 Å². The molecule has 1 aliphatic heterocycles. The molecule has 0 bridgehead atoms. The summed E-state index contributed by atoms with van der Waals surface area (Å²) in [6.45, 7) is 5.01. The third-order valence-electron chi connectivity index (χ3n) is 6.23. The monoisotopic (exact) mass is 493 g/mol. The molecule has 1 N–H and O–H groups in total. The summed E-state index contributed by atoms with van der Waals surface area (Å²) < 4.78 is 31.9. The molecule has 2 aromatic carbocycles. The van der Waals surface area contributed by atoms with Gasteiger partial charge < -0.3 is 10.2 Å². The molecular formula is C26H31N5O3S. The Labute approximate surface area is 206 Å². The molecule has 2 heterocycles. The summed E-state index contributed by atoms with van der Waals surface area (Å²) in [5.41, 5.74) is 3.32. The Kier molecular flexibility index (Phi) is 7.35. The van der Waals surface area contributed by atoms with Crippen LogP contribution in [0.4, 0.5) is 5.69 Å². The van der Waals surface area contributed by atoms with Crippen LogP contribution in [0.5, 0.6) is 0 Å². The molecule has 9 heteroatoms. The van der Waals surface area contributed by atoms with E-state index in [4.69, 9.17) is 0 Å². The van der Waals surface area contributed by atoms with Crippen molar-refractivity contribution in [3.05, 3.63) is 77.1 Å². The first-order valence-electron chi connectivity index (χ1n) is 11.8. The van der Waals surface area contributed by atoms with Crippen molar-refractivity contribution in [1.29, 1.82) is 0 Å². The third kappa shape index (κ3) is 5.79. The Hall–Kier alpha value is -3.46. The van der Waals surface area contributed by atoms with Crippen molar-refractivity contribution in [3.63, 3.8) is 0 Å². The highest BCUT2D eigenvalue weighted by molar-refractivity contribution is 7.90. The molecule has 0 unspecified atom stereocenters.